The van der Waals surface area contributed by atoms with Gasteiger partial charge in [-0.1, -0.05) is 18.0 Å². The maximum Gasteiger partial charge on any atom is 0.387 e. The molecule has 0 unspecified atom stereocenters. The maximum absolute atomic E-state index is 12.5. The van der Waals surface area contributed by atoms with Crippen LogP contribution >= 0.6 is 0 Å². The van der Waals surface area contributed by atoms with Crippen molar-refractivity contribution in [2.24, 2.45) is 0 Å². The first-order valence-electron chi connectivity index (χ1n) is 9.78. The third-order valence-corrected chi connectivity index (χ3v) is 5.21. The van der Waals surface area contributed by atoms with Crippen molar-refractivity contribution < 1.29 is 27.9 Å². The van der Waals surface area contributed by atoms with Crippen LogP contribution in [0.25, 0.3) is 11.4 Å². The summed E-state index contributed by atoms with van der Waals surface area (Å²) in [6, 6.07) is 4.74. The average Bonchev–Trinajstić information content (AvgIpc) is 3.15. The number of aliphatic hydroxyl groups is 1. The molecule has 0 spiro atoms. The minimum atomic E-state index is -2.94. The minimum absolute atomic E-state index is 0.0602. The quantitative estimate of drug-likeness (QED) is 0.706. The van der Waals surface area contributed by atoms with E-state index in [0.29, 0.717) is 23.8 Å². The highest BCUT2D eigenvalue weighted by molar-refractivity contribution is 5.60. The Balaban J connectivity index is 1.77. The standard InChI is InChI=1S/C20H27F2N3O4/c1-12(2)25(14-6-4-5-7-15(14)26)11-18-23-19(24-29-18)13-8-9-16(28-20(21)22)17(10-13)27-3/h8-10,12,14-15,20,26H,4-7,11H2,1-3H3/t14-,15-/m1/s1. The van der Waals surface area contributed by atoms with E-state index in [-0.39, 0.29) is 29.7 Å². The van der Waals surface area contributed by atoms with Gasteiger partial charge in [-0.3, -0.25) is 4.90 Å². The molecule has 0 amide bonds. The molecule has 1 heterocycles. The number of halogens is 2. The van der Waals surface area contributed by atoms with Gasteiger partial charge in [-0.25, -0.2) is 0 Å². The van der Waals surface area contributed by atoms with Crippen LogP contribution in [0.15, 0.2) is 22.7 Å². The van der Waals surface area contributed by atoms with Crippen LogP contribution in [0.5, 0.6) is 11.5 Å². The zero-order chi connectivity index (χ0) is 21.0. The first-order valence-corrected chi connectivity index (χ1v) is 9.78. The van der Waals surface area contributed by atoms with Crippen LogP contribution in [-0.2, 0) is 6.54 Å². The fourth-order valence-electron chi connectivity index (χ4n) is 3.75. The normalized spacial score (nSPS) is 19.9. The second-order valence-corrected chi connectivity index (χ2v) is 7.44. The molecule has 1 aromatic carbocycles. The van der Waals surface area contributed by atoms with Crippen molar-refractivity contribution in [3.8, 4) is 22.9 Å². The van der Waals surface area contributed by atoms with Gasteiger partial charge in [0.15, 0.2) is 11.5 Å². The Labute approximate surface area is 168 Å². The van der Waals surface area contributed by atoms with Gasteiger partial charge in [0.25, 0.3) is 0 Å². The van der Waals surface area contributed by atoms with E-state index in [1.54, 1.807) is 6.07 Å². The number of ether oxygens (including phenoxy) is 2. The molecular formula is C20H27F2N3O4. The highest BCUT2D eigenvalue weighted by Crippen LogP contribution is 2.33. The van der Waals surface area contributed by atoms with E-state index in [4.69, 9.17) is 9.26 Å². The van der Waals surface area contributed by atoms with Crippen LogP contribution in [0.2, 0.25) is 0 Å². The van der Waals surface area contributed by atoms with Crippen LogP contribution in [0, 0.1) is 0 Å². The number of methoxy groups -OCH3 is 1. The molecule has 0 aliphatic heterocycles. The number of hydrogen-bond donors (Lipinski definition) is 1. The third-order valence-electron chi connectivity index (χ3n) is 5.21. The van der Waals surface area contributed by atoms with Gasteiger partial charge in [0.1, 0.15) is 0 Å². The second kappa shape index (κ2) is 9.49. The van der Waals surface area contributed by atoms with Gasteiger partial charge in [0, 0.05) is 17.6 Å². The van der Waals surface area contributed by atoms with Gasteiger partial charge >= 0.3 is 6.61 Å². The van der Waals surface area contributed by atoms with Crippen molar-refractivity contribution in [3.05, 3.63) is 24.1 Å². The molecule has 2 aromatic rings. The van der Waals surface area contributed by atoms with Crippen molar-refractivity contribution in [1.82, 2.24) is 15.0 Å². The Hall–Kier alpha value is -2.26. The van der Waals surface area contributed by atoms with E-state index in [2.05, 4.69) is 33.6 Å². The molecule has 0 bridgehead atoms. The van der Waals surface area contributed by atoms with E-state index >= 15 is 0 Å². The molecule has 160 valence electrons. The number of aromatic nitrogens is 2. The average molecular weight is 411 g/mol. The Bertz CT molecular complexity index is 800. The molecule has 2 atom stereocenters. The van der Waals surface area contributed by atoms with E-state index < -0.39 is 6.61 Å². The van der Waals surface area contributed by atoms with Crippen molar-refractivity contribution >= 4 is 0 Å². The highest BCUT2D eigenvalue weighted by Gasteiger charge is 2.31. The van der Waals surface area contributed by atoms with Crippen LogP contribution in [-0.4, -0.2) is 52.1 Å². The third kappa shape index (κ3) is 5.22. The Morgan fingerprint density at radius 3 is 2.66 bits per heavy atom. The number of rotatable bonds is 8. The van der Waals surface area contributed by atoms with E-state index in [1.165, 1.54) is 19.2 Å². The molecule has 1 saturated carbocycles. The monoisotopic (exact) mass is 411 g/mol. The summed E-state index contributed by atoms with van der Waals surface area (Å²) in [5.41, 5.74) is 0.562. The molecule has 9 heteroatoms. The molecule has 1 fully saturated rings. The van der Waals surface area contributed by atoms with Gasteiger partial charge in [-0.2, -0.15) is 13.8 Å². The molecule has 0 saturated heterocycles. The SMILES string of the molecule is COc1cc(-c2noc(CN(C(C)C)[C@@H]3CCCC[C@H]3O)n2)ccc1OC(F)F. The Morgan fingerprint density at radius 2 is 2.00 bits per heavy atom. The van der Waals surface area contributed by atoms with Crippen LogP contribution in [0.1, 0.15) is 45.4 Å². The van der Waals surface area contributed by atoms with Crippen LogP contribution < -0.4 is 9.47 Å². The van der Waals surface area contributed by atoms with Gasteiger partial charge in [-0.05, 0) is 44.9 Å². The van der Waals surface area contributed by atoms with Crippen molar-refractivity contribution in [2.45, 2.75) is 70.9 Å². The lowest BCUT2D eigenvalue weighted by atomic mass is 9.90. The summed E-state index contributed by atoms with van der Waals surface area (Å²) >= 11 is 0. The summed E-state index contributed by atoms with van der Waals surface area (Å²) in [4.78, 5) is 6.62. The molecular weight excluding hydrogens is 384 g/mol. The summed E-state index contributed by atoms with van der Waals surface area (Å²) in [6.07, 6.45) is 3.51. The topological polar surface area (TPSA) is 80.9 Å². The molecule has 1 N–H and O–H groups in total. The molecule has 0 radical (unpaired) electrons. The van der Waals surface area contributed by atoms with Gasteiger partial charge in [0.05, 0.1) is 19.8 Å². The Kier molecular flexibility index (Phi) is 7.02. The van der Waals surface area contributed by atoms with E-state index in [9.17, 15) is 13.9 Å². The van der Waals surface area contributed by atoms with Crippen LogP contribution in [0.3, 0.4) is 0 Å². The lowest BCUT2D eigenvalue weighted by molar-refractivity contribution is -0.0512. The molecule has 1 aliphatic carbocycles. The number of aliphatic hydroxyl groups excluding tert-OH is 1. The van der Waals surface area contributed by atoms with Gasteiger partial charge in [0.2, 0.25) is 11.7 Å². The fraction of sp³-hybridized carbons (Fsp3) is 0.600. The first kappa shape index (κ1) is 21.4. The first-order chi connectivity index (χ1) is 13.9. The molecule has 3 rings (SSSR count). The second-order valence-electron chi connectivity index (χ2n) is 7.44. The van der Waals surface area contributed by atoms with Crippen molar-refractivity contribution in [1.29, 1.82) is 0 Å². The predicted molar refractivity (Wildman–Crippen MR) is 102 cm³/mol. The maximum atomic E-state index is 12.5. The fourth-order valence-corrected chi connectivity index (χ4v) is 3.75. The lowest BCUT2D eigenvalue weighted by Gasteiger charge is -2.39. The summed E-state index contributed by atoms with van der Waals surface area (Å²) in [7, 11) is 1.37. The zero-order valence-electron chi connectivity index (χ0n) is 16.8. The number of nitrogens with zero attached hydrogens (tertiary/aromatic N) is 3. The molecule has 7 nitrogen and oxygen atoms in total. The minimum Gasteiger partial charge on any atom is -0.493 e. The zero-order valence-corrected chi connectivity index (χ0v) is 16.8. The van der Waals surface area contributed by atoms with E-state index in [0.717, 1.165) is 25.7 Å². The van der Waals surface area contributed by atoms with Gasteiger partial charge in [-0.15, -0.1) is 0 Å². The van der Waals surface area contributed by atoms with Crippen molar-refractivity contribution in [2.75, 3.05) is 7.11 Å². The number of benzene rings is 1. The van der Waals surface area contributed by atoms with E-state index in [1.807, 2.05) is 0 Å². The highest BCUT2D eigenvalue weighted by atomic mass is 19.3. The smallest absolute Gasteiger partial charge is 0.387 e. The van der Waals surface area contributed by atoms with Crippen LogP contribution in [0.4, 0.5) is 8.78 Å². The summed E-state index contributed by atoms with van der Waals surface area (Å²) < 4.78 is 40.0. The van der Waals surface area contributed by atoms with Gasteiger partial charge < -0.3 is 19.1 Å². The van der Waals surface area contributed by atoms with Crippen molar-refractivity contribution in [3.63, 3.8) is 0 Å². The number of alkyl halides is 2. The number of hydrogen-bond acceptors (Lipinski definition) is 7. The summed E-state index contributed by atoms with van der Waals surface area (Å²) in [6.45, 7) is 1.63. The lowest BCUT2D eigenvalue weighted by Crippen LogP contribution is -2.48. The molecule has 1 aromatic heterocycles. The summed E-state index contributed by atoms with van der Waals surface area (Å²) in [5, 5.41) is 14.4. The Morgan fingerprint density at radius 1 is 1.24 bits per heavy atom. The molecule has 1 aliphatic rings. The summed E-state index contributed by atoms with van der Waals surface area (Å²) in [5.74, 6) is 0.851. The molecule has 29 heavy (non-hydrogen) atoms. The largest absolute Gasteiger partial charge is 0.493 e. The predicted octanol–water partition coefficient (Wildman–Crippen LogP) is 3.86.